The highest BCUT2D eigenvalue weighted by atomic mass is 19.1. The van der Waals surface area contributed by atoms with Gasteiger partial charge in [0.15, 0.2) is 11.6 Å². The first-order valence-electron chi connectivity index (χ1n) is 8.78. The first-order valence-corrected chi connectivity index (χ1v) is 8.78. The van der Waals surface area contributed by atoms with Crippen LogP contribution in [0.5, 0.6) is 5.75 Å². The number of nitrogens with one attached hydrogen (secondary N) is 1. The molecule has 0 unspecified atom stereocenters. The number of hydrogen-bond donors (Lipinski definition) is 1. The average Bonchev–Trinajstić information content (AvgIpc) is 2.97. The van der Waals surface area contributed by atoms with E-state index in [1.165, 1.54) is 6.07 Å². The van der Waals surface area contributed by atoms with Crippen molar-refractivity contribution in [1.29, 1.82) is 0 Å². The van der Waals surface area contributed by atoms with Crippen LogP contribution >= 0.6 is 0 Å². The summed E-state index contributed by atoms with van der Waals surface area (Å²) in [6, 6.07) is 4.55. The summed E-state index contributed by atoms with van der Waals surface area (Å²) in [5.41, 5.74) is 2.21. The summed E-state index contributed by atoms with van der Waals surface area (Å²) in [5, 5.41) is 7.39. The predicted octanol–water partition coefficient (Wildman–Crippen LogP) is 3.49. The van der Waals surface area contributed by atoms with Gasteiger partial charge in [0.1, 0.15) is 0 Å². The van der Waals surface area contributed by atoms with Gasteiger partial charge in [-0.2, -0.15) is 5.10 Å². The average molecular weight is 345 g/mol. The fourth-order valence-corrected chi connectivity index (χ4v) is 3.25. The molecule has 0 spiro atoms. The van der Waals surface area contributed by atoms with Crippen molar-refractivity contribution >= 4 is 5.91 Å². The normalized spacial score (nSPS) is 16.4. The van der Waals surface area contributed by atoms with Crippen molar-refractivity contribution in [2.45, 2.75) is 46.2 Å². The zero-order chi connectivity index (χ0) is 18.0. The van der Waals surface area contributed by atoms with Crippen LogP contribution < -0.4 is 10.1 Å². The van der Waals surface area contributed by atoms with E-state index in [1.54, 1.807) is 18.3 Å². The zero-order valence-electron chi connectivity index (χ0n) is 14.9. The van der Waals surface area contributed by atoms with Crippen LogP contribution in [-0.4, -0.2) is 22.3 Å². The fraction of sp³-hybridized carbons (Fsp3) is 0.474. The van der Waals surface area contributed by atoms with E-state index >= 15 is 0 Å². The molecule has 0 fully saturated rings. The van der Waals surface area contributed by atoms with Crippen molar-refractivity contribution in [3.05, 3.63) is 47.0 Å². The van der Waals surface area contributed by atoms with Gasteiger partial charge in [0, 0.05) is 18.5 Å². The predicted molar refractivity (Wildman–Crippen MR) is 93.2 cm³/mol. The number of rotatable bonds is 5. The number of carbonyl (C=O) groups excluding carboxylic acids is 1. The summed E-state index contributed by atoms with van der Waals surface area (Å²) in [4.78, 5) is 12.8. The van der Waals surface area contributed by atoms with Gasteiger partial charge in [-0.3, -0.25) is 9.48 Å². The Morgan fingerprint density at radius 1 is 1.48 bits per heavy atom. The Bertz CT molecular complexity index is 770. The van der Waals surface area contributed by atoms with Crippen LogP contribution in [0.3, 0.4) is 0 Å². The SMILES string of the molecule is CCc1c(C(=O)N[C@@H]2CCOc3c(F)cccc32)cnn1CC(C)C. The molecule has 6 heteroatoms. The summed E-state index contributed by atoms with van der Waals surface area (Å²) in [7, 11) is 0. The monoisotopic (exact) mass is 345 g/mol. The van der Waals surface area contributed by atoms with Crippen LogP contribution in [0.25, 0.3) is 0 Å². The number of nitrogens with zero attached hydrogens (tertiary/aromatic N) is 2. The zero-order valence-corrected chi connectivity index (χ0v) is 14.9. The Hall–Kier alpha value is -2.37. The number of amides is 1. The highest BCUT2D eigenvalue weighted by molar-refractivity contribution is 5.95. The lowest BCUT2D eigenvalue weighted by molar-refractivity contribution is 0.0922. The number of aromatic nitrogens is 2. The minimum atomic E-state index is -0.393. The molecule has 1 aromatic carbocycles. The molecule has 134 valence electrons. The smallest absolute Gasteiger partial charge is 0.255 e. The Morgan fingerprint density at radius 3 is 3.00 bits per heavy atom. The first-order chi connectivity index (χ1) is 12.0. The van der Waals surface area contributed by atoms with Crippen molar-refractivity contribution < 1.29 is 13.9 Å². The van der Waals surface area contributed by atoms with Crippen LogP contribution in [0.15, 0.2) is 24.4 Å². The minimum Gasteiger partial charge on any atom is -0.490 e. The van der Waals surface area contributed by atoms with Gasteiger partial charge in [0.2, 0.25) is 0 Å². The number of hydrogen-bond acceptors (Lipinski definition) is 3. The molecule has 0 radical (unpaired) electrons. The summed E-state index contributed by atoms with van der Waals surface area (Å²) in [6.45, 7) is 7.42. The molecule has 1 atom stereocenters. The molecule has 0 saturated heterocycles. The summed E-state index contributed by atoms with van der Waals surface area (Å²) in [5.74, 6) is 0.126. The molecule has 0 bridgehead atoms. The molecule has 5 nitrogen and oxygen atoms in total. The van der Waals surface area contributed by atoms with Gasteiger partial charge < -0.3 is 10.1 Å². The van der Waals surface area contributed by atoms with Gasteiger partial charge in [-0.25, -0.2) is 4.39 Å². The van der Waals surface area contributed by atoms with Crippen molar-refractivity contribution in [2.75, 3.05) is 6.61 Å². The van der Waals surface area contributed by atoms with Crippen molar-refractivity contribution in [1.82, 2.24) is 15.1 Å². The largest absolute Gasteiger partial charge is 0.490 e. The van der Waals surface area contributed by atoms with E-state index < -0.39 is 5.82 Å². The lowest BCUT2D eigenvalue weighted by atomic mass is 9.99. The summed E-state index contributed by atoms with van der Waals surface area (Å²) >= 11 is 0. The summed E-state index contributed by atoms with van der Waals surface area (Å²) in [6.07, 6.45) is 2.97. The van der Waals surface area contributed by atoms with Crippen LogP contribution in [0.2, 0.25) is 0 Å². The second-order valence-corrected chi connectivity index (χ2v) is 6.76. The topological polar surface area (TPSA) is 56.1 Å². The third kappa shape index (κ3) is 3.52. The molecule has 1 aromatic heterocycles. The standard InChI is InChI=1S/C19H24FN3O2/c1-4-17-14(10-21-23(17)11-12(2)3)19(24)22-16-8-9-25-18-13(16)6-5-7-15(18)20/h5-7,10,12,16H,4,8-9,11H2,1-3H3,(H,22,24)/t16-/m1/s1. The molecule has 1 aliphatic rings. The second kappa shape index (κ2) is 7.25. The molecule has 2 aromatic rings. The maximum absolute atomic E-state index is 13.9. The first kappa shape index (κ1) is 17.5. The molecule has 1 N–H and O–H groups in total. The highest BCUT2D eigenvalue weighted by Gasteiger charge is 2.27. The third-order valence-electron chi connectivity index (χ3n) is 4.40. The van der Waals surface area contributed by atoms with E-state index in [-0.39, 0.29) is 17.7 Å². The Kier molecular flexibility index (Phi) is 5.06. The van der Waals surface area contributed by atoms with E-state index in [9.17, 15) is 9.18 Å². The van der Waals surface area contributed by atoms with Gasteiger partial charge in [-0.1, -0.05) is 32.9 Å². The maximum Gasteiger partial charge on any atom is 0.255 e. The molecule has 25 heavy (non-hydrogen) atoms. The van der Waals surface area contributed by atoms with Crippen LogP contribution in [-0.2, 0) is 13.0 Å². The van der Waals surface area contributed by atoms with Gasteiger partial charge in [-0.05, 0) is 18.4 Å². The van der Waals surface area contributed by atoms with E-state index in [4.69, 9.17) is 4.74 Å². The van der Waals surface area contributed by atoms with Crippen LogP contribution in [0.1, 0.15) is 54.8 Å². The van der Waals surface area contributed by atoms with Crippen LogP contribution in [0.4, 0.5) is 4.39 Å². The fourth-order valence-electron chi connectivity index (χ4n) is 3.25. The number of benzene rings is 1. The highest BCUT2D eigenvalue weighted by Crippen LogP contribution is 2.34. The molecular weight excluding hydrogens is 321 g/mol. The molecular formula is C19H24FN3O2. The number of ether oxygens (including phenoxy) is 1. The maximum atomic E-state index is 13.9. The summed E-state index contributed by atoms with van der Waals surface area (Å²) < 4.78 is 21.2. The van der Waals surface area contributed by atoms with Gasteiger partial charge in [-0.15, -0.1) is 0 Å². The molecule has 1 amide bonds. The van der Waals surface area contributed by atoms with Crippen LogP contribution in [0, 0.1) is 11.7 Å². The van der Waals surface area contributed by atoms with E-state index in [2.05, 4.69) is 24.3 Å². The van der Waals surface area contributed by atoms with E-state index in [0.29, 0.717) is 30.1 Å². The van der Waals surface area contributed by atoms with Gasteiger partial charge in [0.25, 0.3) is 5.91 Å². The molecule has 3 rings (SSSR count). The van der Waals surface area contributed by atoms with Crippen molar-refractivity contribution in [3.63, 3.8) is 0 Å². The number of halogens is 1. The van der Waals surface area contributed by atoms with E-state index in [0.717, 1.165) is 18.7 Å². The lowest BCUT2D eigenvalue weighted by Crippen LogP contribution is -2.32. The molecule has 2 heterocycles. The molecule has 1 aliphatic heterocycles. The third-order valence-corrected chi connectivity index (χ3v) is 4.40. The Balaban J connectivity index is 1.82. The number of carbonyl (C=O) groups is 1. The minimum absolute atomic E-state index is 0.172. The number of fused-ring (bicyclic) bond motifs is 1. The Labute approximate surface area is 147 Å². The van der Waals surface area contributed by atoms with Gasteiger partial charge in [0.05, 0.1) is 30.1 Å². The molecule has 0 aliphatic carbocycles. The van der Waals surface area contributed by atoms with Crippen molar-refractivity contribution in [3.8, 4) is 5.75 Å². The Morgan fingerprint density at radius 2 is 2.28 bits per heavy atom. The lowest BCUT2D eigenvalue weighted by Gasteiger charge is -2.27. The number of para-hydroxylation sites is 1. The van der Waals surface area contributed by atoms with Gasteiger partial charge >= 0.3 is 0 Å². The van der Waals surface area contributed by atoms with E-state index in [1.807, 2.05) is 11.6 Å². The molecule has 0 saturated carbocycles. The van der Waals surface area contributed by atoms with Crippen molar-refractivity contribution in [2.24, 2.45) is 5.92 Å². The quantitative estimate of drug-likeness (QED) is 0.902. The second-order valence-electron chi connectivity index (χ2n) is 6.76.